The number of amides is 1. The van der Waals surface area contributed by atoms with E-state index in [4.69, 9.17) is 11.6 Å². The van der Waals surface area contributed by atoms with Gasteiger partial charge in [0.15, 0.2) is 0 Å². The number of nitrogens with zero attached hydrogens (tertiary/aromatic N) is 3. The second-order valence-electron chi connectivity index (χ2n) is 9.03. The summed E-state index contributed by atoms with van der Waals surface area (Å²) in [6.45, 7) is 6.33. The van der Waals surface area contributed by atoms with Crippen LogP contribution >= 0.6 is 11.6 Å². The van der Waals surface area contributed by atoms with Crippen molar-refractivity contribution in [3.05, 3.63) is 101 Å². The Kier molecular flexibility index (Phi) is 4.86. The molecule has 160 valence electrons. The molecule has 3 heterocycles. The summed E-state index contributed by atoms with van der Waals surface area (Å²) in [5.74, 6) is -0.0860. The van der Waals surface area contributed by atoms with Crippen LogP contribution in [0.2, 0.25) is 5.02 Å². The number of H-pyrrole nitrogens is 1. The van der Waals surface area contributed by atoms with Crippen LogP contribution in [-0.4, -0.2) is 21.1 Å². The summed E-state index contributed by atoms with van der Waals surface area (Å²) < 4.78 is 0. The molecule has 1 N–H and O–H groups in total. The number of nitrogens with one attached hydrogen (secondary N) is 1. The van der Waals surface area contributed by atoms with Gasteiger partial charge in [-0.1, -0.05) is 62.7 Å². The van der Waals surface area contributed by atoms with Gasteiger partial charge in [0.1, 0.15) is 5.69 Å². The second-order valence-corrected chi connectivity index (χ2v) is 9.47. The molecule has 0 aliphatic carbocycles. The van der Waals surface area contributed by atoms with Crippen molar-refractivity contribution in [3.8, 4) is 11.1 Å². The molecule has 1 aliphatic rings. The fourth-order valence-corrected chi connectivity index (χ4v) is 4.42. The van der Waals surface area contributed by atoms with Gasteiger partial charge in [0.25, 0.3) is 5.91 Å². The van der Waals surface area contributed by atoms with E-state index in [0.717, 1.165) is 33.6 Å². The molecule has 2 aromatic heterocycles. The zero-order valence-electron chi connectivity index (χ0n) is 18.1. The lowest BCUT2D eigenvalue weighted by Gasteiger charge is -2.28. The summed E-state index contributed by atoms with van der Waals surface area (Å²) in [4.78, 5) is 19.6. The Morgan fingerprint density at radius 3 is 2.31 bits per heavy atom. The highest BCUT2D eigenvalue weighted by molar-refractivity contribution is 6.30. The highest BCUT2D eigenvalue weighted by Crippen LogP contribution is 2.45. The van der Waals surface area contributed by atoms with Gasteiger partial charge in [-0.2, -0.15) is 5.10 Å². The van der Waals surface area contributed by atoms with Crippen LogP contribution in [0.15, 0.2) is 73.1 Å². The van der Waals surface area contributed by atoms with Crippen molar-refractivity contribution in [2.24, 2.45) is 0 Å². The molecule has 0 spiro atoms. The highest BCUT2D eigenvalue weighted by Gasteiger charge is 2.44. The maximum atomic E-state index is 13.6. The minimum Gasteiger partial charge on any atom is -0.295 e. The Labute approximate surface area is 192 Å². The largest absolute Gasteiger partial charge is 0.295 e. The maximum absolute atomic E-state index is 13.6. The molecule has 4 aromatic rings. The highest BCUT2D eigenvalue weighted by atomic mass is 35.5. The van der Waals surface area contributed by atoms with Gasteiger partial charge in [-0.05, 0) is 47.0 Å². The molecule has 32 heavy (non-hydrogen) atoms. The average Bonchev–Trinajstić information content (AvgIpc) is 3.34. The topological polar surface area (TPSA) is 61.9 Å². The zero-order valence-corrected chi connectivity index (χ0v) is 18.9. The molecule has 2 aromatic carbocycles. The number of hydrogen-bond donors (Lipinski definition) is 1. The molecular weight excluding hydrogens is 420 g/mol. The van der Waals surface area contributed by atoms with Gasteiger partial charge in [0.2, 0.25) is 0 Å². The number of carbonyl (C=O) groups is 1. The van der Waals surface area contributed by atoms with E-state index in [9.17, 15) is 4.79 Å². The van der Waals surface area contributed by atoms with Crippen molar-refractivity contribution in [3.63, 3.8) is 0 Å². The number of halogens is 1. The first-order valence-corrected chi connectivity index (χ1v) is 10.9. The maximum Gasteiger partial charge on any atom is 0.277 e. The van der Waals surface area contributed by atoms with E-state index in [1.165, 1.54) is 0 Å². The molecule has 0 fully saturated rings. The standard InChI is InChI=1S/C26H23ClN4O/c1-26(2,3)24-21-22(29-30-24)25(32)31(23(21)17-6-10-19(27)11-7-17)20-12-8-16(9-13-20)18-5-4-14-28-15-18/h4-15,23H,1-3H3,(H,29,30). The Bertz CT molecular complexity index is 1270. The van der Waals surface area contributed by atoms with E-state index in [2.05, 4.69) is 36.0 Å². The molecule has 0 bridgehead atoms. The molecular formula is C26H23ClN4O. The number of fused-ring (bicyclic) bond motifs is 1. The number of anilines is 1. The van der Waals surface area contributed by atoms with Crippen molar-refractivity contribution >= 4 is 23.2 Å². The molecule has 6 heteroatoms. The SMILES string of the molecule is CC(C)(C)c1n[nH]c2c1C(c1ccc(Cl)cc1)N(c1ccc(-c3cccnc3)cc1)C2=O. The van der Waals surface area contributed by atoms with E-state index in [1.807, 2.05) is 71.8 Å². The van der Waals surface area contributed by atoms with Gasteiger partial charge in [-0.3, -0.25) is 19.8 Å². The Balaban J connectivity index is 1.63. The first-order valence-electron chi connectivity index (χ1n) is 10.5. The van der Waals surface area contributed by atoms with Crippen LogP contribution in [0.1, 0.15) is 54.1 Å². The first kappa shape index (κ1) is 20.5. The molecule has 5 nitrogen and oxygen atoms in total. The molecule has 1 amide bonds. The smallest absolute Gasteiger partial charge is 0.277 e. The number of carbonyl (C=O) groups excluding carboxylic acids is 1. The van der Waals surface area contributed by atoms with Crippen molar-refractivity contribution in [1.29, 1.82) is 0 Å². The molecule has 0 radical (unpaired) electrons. The summed E-state index contributed by atoms with van der Waals surface area (Å²) in [7, 11) is 0. The Hall–Kier alpha value is -3.44. The van der Waals surface area contributed by atoms with E-state index < -0.39 is 0 Å². The predicted octanol–water partition coefficient (Wildman–Crippen LogP) is 6.17. The van der Waals surface area contributed by atoms with Crippen LogP contribution in [0.3, 0.4) is 0 Å². The molecule has 0 saturated carbocycles. The molecule has 0 saturated heterocycles. The first-order chi connectivity index (χ1) is 15.3. The second kappa shape index (κ2) is 7.61. The quantitative estimate of drug-likeness (QED) is 0.412. The van der Waals surface area contributed by atoms with E-state index >= 15 is 0 Å². The lowest BCUT2D eigenvalue weighted by atomic mass is 9.85. The van der Waals surface area contributed by atoms with Crippen molar-refractivity contribution in [1.82, 2.24) is 15.2 Å². The minimum absolute atomic E-state index is 0.0860. The van der Waals surface area contributed by atoms with Crippen LogP contribution in [0.4, 0.5) is 5.69 Å². The Morgan fingerprint density at radius 2 is 1.69 bits per heavy atom. The van der Waals surface area contributed by atoms with Gasteiger partial charge < -0.3 is 0 Å². The fraction of sp³-hybridized carbons (Fsp3) is 0.192. The lowest BCUT2D eigenvalue weighted by Crippen LogP contribution is -2.30. The van der Waals surface area contributed by atoms with Gasteiger partial charge in [-0.15, -0.1) is 0 Å². The third-order valence-corrected chi connectivity index (χ3v) is 6.06. The van der Waals surface area contributed by atoms with Crippen LogP contribution < -0.4 is 4.90 Å². The van der Waals surface area contributed by atoms with Crippen LogP contribution in [-0.2, 0) is 5.41 Å². The van der Waals surface area contributed by atoms with Gasteiger partial charge in [-0.25, -0.2) is 0 Å². The van der Waals surface area contributed by atoms with Gasteiger partial charge >= 0.3 is 0 Å². The van der Waals surface area contributed by atoms with E-state index in [0.29, 0.717) is 10.7 Å². The monoisotopic (exact) mass is 442 g/mol. The lowest BCUT2D eigenvalue weighted by molar-refractivity contribution is 0.0988. The zero-order chi connectivity index (χ0) is 22.5. The molecule has 1 aliphatic heterocycles. The third kappa shape index (κ3) is 3.39. The van der Waals surface area contributed by atoms with Crippen LogP contribution in [0, 0.1) is 0 Å². The van der Waals surface area contributed by atoms with Crippen molar-refractivity contribution < 1.29 is 4.79 Å². The summed E-state index contributed by atoms with van der Waals surface area (Å²) in [6, 6.07) is 19.3. The van der Waals surface area contributed by atoms with Gasteiger partial charge in [0.05, 0.1) is 11.7 Å². The van der Waals surface area contributed by atoms with Crippen molar-refractivity contribution in [2.75, 3.05) is 4.90 Å². The van der Waals surface area contributed by atoms with E-state index in [1.54, 1.807) is 6.20 Å². The summed E-state index contributed by atoms with van der Waals surface area (Å²) >= 11 is 6.15. The summed E-state index contributed by atoms with van der Waals surface area (Å²) in [5, 5.41) is 8.21. The van der Waals surface area contributed by atoms with Gasteiger partial charge in [0, 0.05) is 34.1 Å². The summed E-state index contributed by atoms with van der Waals surface area (Å²) in [6.07, 6.45) is 3.59. The number of aromatic nitrogens is 3. The molecule has 5 rings (SSSR count). The molecule has 1 unspecified atom stereocenters. The number of hydrogen-bond acceptors (Lipinski definition) is 3. The van der Waals surface area contributed by atoms with Crippen molar-refractivity contribution in [2.45, 2.75) is 32.2 Å². The predicted molar refractivity (Wildman–Crippen MR) is 127 cm³/mol. The number of aromatic amines is 1. The normalized spacial score (nSPS) is 15.8. The number of rotatable bonds is 3. The fourth-order valence-electron chi connectivity index (χ4n) is 4.29. The average molecular weight is 443 g/mol. The summed E-state index contributed by atoms with van der Waals surface area (Å²) in [5.41, 5.74) is 6.06. The molecule has 1 atom stereocenters. The number of benzene rings is 2. The third-order valence-electron chi connectivity index (χ3n) is 5.80. The minimum atomic E-state index is -0.285. The number of pyridine rings is 1. The van der Waals surface area contributed by atoms with Crippen LogP contribution in [0.5, 0.6) is 0 Å². The van der Waals surface area contributed by atoms with E-state index in [-0.39, 0.29) is 17.4 Å². The van der Waals surface area contributed by atoms with Crippen LogP contribution in [0.25, 0.3) is 11.1 Å². The Morgan fingerprint density at radius 1 is 0.969 bits per heavy atom.